The molecule has 3 aromatic heterocycles. The molecular formula is C23H28N4O3S3. The van der Waals surface area contributed by atoms with Crippen LogP contribution in [0.25, 0.3) is 10.7 Å². The van der Waals surface area contributed by atoms with Gasteiger partial charge in [-0.1, -0.05) is 24.8 Å². The molecule has 0 fully saturated rings. The first-order valence-electron chi connectivity index (χ1n) is 11.2. The van der Waals surface area contributed by atoms with Gasteiger partial charge in [0.15, 0.2) is 11.0 Å². The minimum absolute atomic E-state index is 0.166. The van der Waals surface area contributed by atoms with Crippen LogP contribution in [0, 0.1) is 0 Å². The van der Waals surface area contributed by atoms with Gasteiger partial charge in [0.2, 0.25) is 5.91 Å². The van der Waals surface area contributed by atoms with Gasteiger partial charge in [-0.05, 0) is 63.0 Å². The Hall–Kier alpha value is -2.17. The maximum atomic E-state index is 12.9. The molecule has 0 aliphatic heterocycles. The number of amides is 1. The van der Waals surface area contributed by atoms with Gasteiger partial charge in [-0.15, -0.1) is 32.9 Å². The quantitative estimate of drug-likeness (QED) is 0.299. The number of carbonyl (C=O) groups excluding carboxylic acids is 2. The molecular weight excluding hydrogens is 476 g/mol. The monoisotopic (exact) mass is 504 g/mol. The number of thiophene rings is 2. The summed E-state index contributed by atoms with van der Waals surface area (Å²) in [5.41, 5.74) is 1.58. The van der Waals surface area contributed by atoms with Crippen LogP contribution < -0.4 is 5.32 Å². The Morgan fingerprint density at radius 1 is 1.27 bits per heavy atom. The zero-order valence-corrected chi connectivity index (χ0v) is 21.5. The molecule has 1 aliphatic rings. The van der Waals surface area contributed by atoms with E-state index >= 15 is 0 Å². The summed E-state index contributed by atoms with van der Waals surface area (Å²) in [5.74, 6) is 0.504. The summed E-state index contributed by atoms with van der Waals surface area (Å²) in [7, 11) is 0. The highest BCUT2D eigenvalue weighted by atomic mass is 32.2. The Labute approximate surface area is 206 Å². The highest BCUT2D eigenvalue weighted by Gasteiger charge is 2.28. The summed E-state index contributed by atoms with van der Waals surface area (Å²) in [6, 6.07) is 4.02. The van der Waals surface area contributed by atoms with E-state index in [0.29, 0.717) is 10.6 Å². The van der Waals surface area contributed by atoms with Crippen molar-refractivity contribution in [2.24, 2.45) is 0 Å². The number of ether oxygens (including phenoxy) is 1. The highest BCUT2D eigenvalue weighted by molar-refractivity contribution is 7.99. The predicted molar refractivity (Wildman–Crippen MR) is 134 cm³/mol. The smallest absolute Gasteiger partial charge is 0.341 e. The van der Waals surface area contributed by atoms with Crippen molar-refractivity contribution >= 4 is 51.3 Å². The molecule has 0 saturated heterocycles. The van der Waals surface area contributed by atoms with E-state index in [1.54, 1.807) is 11.3 Å². The van der Waals surface area contributed by atoms with Crippen LogP contribution in [-0.2, 0) is 28.9 Å². The van der Waals surface area contributed by atoms with Gasteiger partial charge in [-0.25, -0.2) is 4.79 Å². The summed E-state index contributed by atoms with van der Waals surface area (Å²) in [4.78, 5) is 27.9. The number of thioether (sulfide) groups is 1. The van der Waals surface area contributed by atoms with Crippen LogP contribution in [0.5, 0.6) is 0 Å². The molecule has 7 nitrogen and oxygen atoms in total. The minimum atomic E-state index is -0.351. The fraction of sp³-hybridized carbons (Fsp3) is 0.478. The van der Waals surface area contributed by atoms with Crippen molar-refractivity contribution in [2.45, 2.75) is 70.7 Å². The molecule has 1 aliphatic carbocycles. The van der Waals surface area contributed by atoms with Crippen LogP contribution in [-0.4, -0.2) is 38.5 Å². The van der Waals surface area contributed by atoms with Gasteiger partial charge in [0.1, 0.15) is 5.00 Å². The second kappa shape index (κ2) is 10.8. The van der Waals surface area contributed by atoms with E-state index in [1.807, 2.05) is 31.4 Å². The van der Waals surface area contributed by atoms with E-state index in [9.17, 15) is 9.59 Å². The number of esters is 1. The molecule has 0 unspecified atom stereocenters. The lowest BCUT2D eigenvalue weighted by atomic mass is 9.95. The standard InChI is InChI=1S/C23H28N4O3S3/c1-4-11-27-20(17-10-7-12-31-17)25-26-23(27)32-13-18(28)24-21-19(22(29)30-14(2)3)15-8-5-6-9-16(15)33-21/h7,10,12,14H,4-6,8-9,11,13H2,1-3H3,(H,24,28). The van der Waals surface area contributed by atoms with Crippen LogP contribution in [0.15, 0.2) is 22.7 Å². The number of carbonyl (C=O) groups is 2. The number of fused-ring (bicyclic) bond motifs is 1. The van der Waals surface area contributed by atoms with Crippen LogP contribution in [0.4, 0.5) is 5.00 Å². The van der Waals surface area contributed by atoms with Gasteiger partial charge in [0.25, 0.3) is 0 Å². The molecule has 0 atom stereocenters. The third kappa shape index (κ3) is 5.50. The second-order valence-corrected chi connectivity index (χ2v) is 11.1. The Balaban J connectivity index is 1.49. The Bertz CT molecular complexity index is 1120. The summed E-state index contributed by atoms with van der Waals surface area (Å²) in [5, 5.41) is 15.0. The number of hydrogen-bond acceptors (Lipinski definition) is 8. The largest absolute Gasteiger partial charge is 0.459 e. The van der Waals surface area contributed by atoms with Gasteiger partial charge < -0.3 is 14.6 Å². The zero-order chi connectivity index (χ0) is 23.4. The SMILES string of the molecule is CCCn1c(SCC(=O)Nc2sc3c(c2C(=O)OC(C)C)CCCC3)nnc1-c1cccs1. The maximum absolute atomic E-state index is 12.9. The molecule has 0 radical (unpaired) electrons. The fourth-order valence-corrected chi connectivity index (χ4v) is 6.62. The molecule has 0 saturated carbocycles. The molecule has 10 heteroatoms. The number of anilines is 1. The van der Waals surface area contributed by atoms with E-state index in [-0.39, 0.29) is 23.7 Å². The van der Waals surface area contributed by atoms with Gasteiger partial charge in [-0.3, -0.25) is 4.79 Å². The van der Waals surface area contributed by atoms with Gasteiger partial charge in [0, 0.05) is 11.4 Å². The van der Waals surface area contributed by atoms with Crippen molar-refractivity contribution in [2.75, 3.05) is 11.1 Å². The van der Waals surface area contributed by atoms with Crippen LogP contribution >= 0.6 is 34.4 Å². The lowest BCUT2D eigenvalue weighted by Crippen LogP contribution is -2.19. The molecule has 3 aromatic rings. The Morgan fingerprint density at radius 3 is 2.82 bits per heavy atom. The van der Waals surface area contributed by atoms with E-state index in [2.05, 4.69) is 27.0 Å². The molecule has 1 amide bonds. The fourth-order valence-electron chi connectivity index (χ4n) is 3.84. The first kappa shape index (κ1) is 24.0. The number of nitrogens with zero attached hydrogens (tertiary/aromatic N) is 3. The van der Waals surface area contributed by atoms with Crippen LogP contribution in [0.2, 0.25) is 0 Å². The van der Waals surface area contributed by atoms with Gasteiger partial charge in [0.05, 0.1) is 22.3 Å². The molecule has 3 heterocycles. The molecule has 4 rings (SSSR count). The molecule has 0 bridgehead atoms. The van der Waals surface area contributed by atoms with Crippen molar-refractivity contribution in [3.8, 4) is 10.7 Å². The maximum Gasteiger partial charge on any atom is 0.341 e. The summed E-state index contributed by atoms with van der Waals surface area (Å²) in [6.45, 7) is 6.56. The third-order valence-electron chi connectivity index (χ3n) is 5.21. The normalized spacial score (nSPS) is 13.2. The van der Waals surface area contributed by atoms with E-state index < -0.39 is 0 Å². The number of aryl methyl sites for hydroxylation is 1. The average Bonchev–Trinajstić information content (AvgIpc) is 3.50. The highest BCUT2D eigenvalue weighted by Crippen LogP contribution is 2.39. The van der Waals surface area contributed by atoms with Gasteiger partial charge in [-0.2, -0.15) is 0 Å². The molecule has 0 spiro atoms. The zero-order valence-electron chi connectivity index (χ0n) is 19.1. The predicted octanol–water partition coefficient (Wildman–Crippen LogP) is 5.65. The van der Waals surface area contributed by atoms with Crippen molar-refractivity contribution in [1.29, 1.82) is 0 Å². The van der Waals surface area contributed by atoms with Crippen LogP contribution in [0.1, 0.15) is 60.8 Å². The lowest BCUT2D eigenvalue weighted by molar-refractivity contribution is -0.113. The number of hydrogen-bond donors (Lipinski definition) is 1. The second-order valence-electron chi connectivity index (χ2n) is 8.14. The molecule has 33 heavy (non-hydrogen) atoms. The molecule has 176 valence electrons. The van der Waals surface area contributed by atoms with E-state index in [0.717, 1.165) is 60.1 Å². The van der Waals surface area contributed by atoms with Crippen molar-refractivity contribution < 1.29 is 14.3 Å². The number of aromatic nitrogens is 3. The van der Waals surface area contributed by atoms with Crippen LogP contribution in [0.3, 0.4) is 0 Å². The first-order valence-corrected chi connectivity index (χ1v) is 13.9. The topological polar surface area (TPSA) is 86.1 Å². The van der Waals surface area contributed by atoms with Crippen molar-refractivity contribution in [3.63, 3.8) is 0 Å². The summed E-state index contributed by atoms with van der Waals surface area (Å²) in [6.07, 6.45) is 4.68. The first-order chi connectivity index (χ1) is 16.0. The Morgan fingerprint density at radius 2 is 2.09 bits per heavy atom. The molecule has 0 aromatic carbocycles. The average molecular weight is 505 g/mol. The van der Waals surface area contributed by atoms with Crippen molar-refractivity contribution in [3.05, 3.63) is 33.5 Å². The summed E-state index contributed by atoms with van der Waals surface area (Å²) >= 11 is 4.49. The Kier molecular flexibility index (Phi) is 7.87. The van der Waals surface area contributed by atoms with E-state index in [4.69, 9.17) is 4.74 Å². The molecule has 1 N–H and O–H groups in total. The minimum Gasteiger partial charge on any atom is -0.459 e. The summed E-state index contributed by atoms with van der Waals surface area (Å²) < 4.78 is 7.55. The number of rotatable bonds is 9. The third-order valence-corrected chi connectivity index (χ3v) is 8.25. The number of nitrogens with one attached hydrogen (secondary N) is 1. The van der Waals surface area contributed by atoms with Crippen molar-refractivity contribution in [1.82, 2.24) is 14.8 Å². The van der Waals surface area contributed by atoms with E-state index in [1.165, 1.54) is 28.0 Å². The lowest BCUT2D eigenvalue weighted by Gasteiger charge is -2.14. The van der Waals surface area contributed by atoms with Gasteiger partial charge >= 0.3 is 5.97 Å².